The van der Waals surface area contributed by atoms with Crippen LogP contribution in [0.3, 0.4) is 0 Å². The van der Waals surface area contributed by atoms with Gasteiger partial charge in [-0.05, 0) is 47.5 Å². The van der Waals surface area contributed by atoms with Crippen molar-refractivity contribution in [3.8, 4) is 5.69 Å². The van der Waals surface area contributed by atoms with Crippen molar-refractivity contribution in [3.05, 3.63) is 95.6 Å². The molecule has 0 saturated carbocycles. The van der Waals surface area contributed by atoms with Crippen LogP contribution >= 0.6 is 11.8 Å². The van der Waals surface area contributed by atoms with Gasteiger partial charge in [0.2, 0.25) is 5.91 Å². The molecule has 3 aromatic heterocycles. The first-order chi connectivity index (χ1) is 21.6. The van der Waals surface area contributed by atoms with Gasteiger partial charge >= 0.3 is 0 Å². The van der Waals surface area contributed by atoms with Gasteiger partial charge in [-0.25, -0.2) is 4.68 Å². The molecule has 0 aliphatic carbocycles. The van der Waals surface area contributed by atoms with E-state index in [1.807, 2.05) is 35.0 Å². The molecule has 4 heterocycles. The number of rotatable bonds is 9. The van der Waals surface area contributed by atoms with E-state index < -0.39 is 0 Å². The second-order valence-electron chi connectivity index (χ2n) is 12.9. The summed E-state index contributed by atoms with van der Waals surface area (Å²) in [4.78, 5) is 17.9. The maximum atomic E-state index is 13.3. The van der Waals surface area contributed by atoms with Gasteiger partial charge in [0.1, 0.15) is 11.6 Å². The lowest BCUT2D eigenvalue weighted by atomic mass is 9.92. The minimum atomic E-state index is -0.168. The fourth-order valence-electron chi connectivity index (χ4n) is 5.36. The Labute approximate surface area is 269 Å². The number of hydrogen-bond donors (Lipinski definition) is 1. The van der Waals surface area contributed by atoms with Gasteiger partial charge in [-0.2, -0.15) is 5.10 Å². The molecule has 10 heteroatoms. The predicted molar refractivity (Wildman–Crippen MR) is 178 cm³/mol. The fraction of sp³-hybridized carbons (Fsp3) is 0.371. The van der Waals surface area contributed by atoms with Crippen LogP contribution in [0.2, 0.25) is 0 Å². The first-order valence-electron chi connectivity index (χ1n) is 15.5. The van der Waals surface area contributed by atoms with Crippen molar-refractivity contribution in [2.24, 2.45) is 0 Å². The molecule has 0 unspecified atom stereocenters. The second kappa shape index (κ2) is 13.2. The topological polar surface area (TPSA) is 89.6 Å². The lowest BCUT2D eigenvalue weighted by Crippen LogP contribution is -2.35. The number of nitrogens with zero attached hydrogens (tertiary/aromatic N) is 6. The fourth-order valence-corrected chi connectivity index (χ4v) is 6.20. The molecule has 1 aliphatic rings. The quantitative estimate of drug-likeness (QED) is 0.201. The number of anilines is 1. The number of carbonyl (C=O) groups is 1. The summed E-state index contributed by atoms with van der Waals surface area (Å²) >= 11 is 1.68. The summed E-state index contributed by atoms with van der Waals surface area (Å²) in [7, 11) is 0. The third kappa shape index (κ3) is 7.46. The molecule has 1 N–H and O–H groups in total. The Kier molecular flexibility index (Phi) is 9.07. The maximum absolute atomic E-state index is 13.3. The molecule has 0 radical (unpaired) electrons. The second-order valence-corrected chi connectivity index (χ2v) is 14.1. The Morgan fingerprint density at radius 2 is 1.71 bits per heavy atom. The highest BCUT2D eigenvalue weighted by atomic mass is 32.2. The molecule has 0 bridgehead atoms. The molecule has 1 aliphatic heterocycles. The molecule has 0 spiro atoms. The monoisotopic (exact) mass is 623 g/mol. The van der Waals surface area contributed by atoms with Gasteiger partial charge in [0.15, 0.2) is 5.65 Å². The highest BCUT2D eigenvalue weighted by Gasteiger charge is 2.22. The number of hydrogen-bond acceptors (Lipinski definition) is 7. The minimum absolute atomic E-state index is 0.0826. The molecule has 2 aromatic carbocycles. The SMILES string of the molecule is CC(C)c1nnc2ccc(Sc3ccc(CC(=O)Nc4cc(C(C)(C)C)nn4-c4cccc(CN5CCOCC5)c4)cc3)cn12. The lowest BCUT2D eigenvalue weighted by Gasteiger charge is -2.26. The van der Waals surface area contributed by atoms with E-state index in [0.717, 1.165) is 71.1 Å². The van der Waals surface area contributed by atoms with Crippen molar-refractivity contribution in [1.82, 2.24) is 29.3 Å². The Morgan fingerprint density at radius 1 is 0.956 bits per heavy atom. The van der Waals surface area contributed by atoms with Gasteiger partial charge in [0.25, 0.3) is 0 Å². The number of carbonyl (C=O) groups excluding carboxylic acids is 1. The smallest absolute Gasteiger partial charge is 0.229 e. The standard InChI is InChI=1S/C35H41N7O2S/c1-24(2)34-38-37-31-14-13-29(23-41(31)34)45-28-11-9-25(10-12-28)20-33(43)36-32-21-30(35(3,4)5)39-42(32)27-8-6-7-26(19-27)22-40-15-17-44-18-16-40/h6-14,19,21,23-24H,15-18,20,22H2,1-5H3,(H,36,43). The zero-order valence-corrected chi connectivity index (χ0v) is 27.5. The van der Waals surface area contributed by atoms with E-state index in [0.29, 0.717) is 5.82 Å². The molecule has 9 nitrogen and oxygen atoms in total. The zero-order chi connectivity index (χ0) is 31.6. The van der Waals surface area contributed by atoms with Crippen LogP contribution in [0.1, 0.15) is 63.2 Å². The van der Waals surface area contributed by atoms with E-state index in [-0.39, 0.29) is 23.7 Å². The first-order valence-corrected chi connectivity index (χ1v) is 16.4. The van der Waals surface area contributed by atoms with E-state index in [1.54, 1.807) is 11.8 Å². The Bertz CT molecular complexity index is 1780. The number of aromatic nitrogens is 5. The normalized spacial score (nSPS) is 14.4. The van der Waals surface area contributed by atoms with Crippen LogP contribution in [0.15, 0.2) is 82.7 Å². The van der Waals surface area contributed by atoms with E-state index in [9.17, 15) is 4.79 Å². The van der Waals surface area contributed by atoms with E-state index >= 15 is 0 Å². The van der Waals surface area contributed by atoms with E-state index in [2.05, 4.69) is 102 Å². The summed E-state index contributed by atoms with van der Waals surface area (Å²) in [5, 5.41) is 16.7. The first kappa shape index (κ1) is 31.0. The van der Waals surface area contributed by atoms with Crippen molar-refractivity contribution < 1.29 is 9.53 Å². The van der Waals surface area contributed by atoms with Crippen molar-refractivity contribution in [2.45, 2.75) is 68.7 Å². The van der Waals surface area contributed by atoms with Gasteiger partial charge in [0, 0.05) is 53.0 Å². The Hall–Kier alpha value is -3.99. The average molecular weight is 624 g/mol. The average Bonchev–Trinajstić information content (AvgIpc) is 3.63. The van der Waals surface area contributed by atoms with Crippen molar-refractivity contribution >= 4 is 29.1 Å². The number of ether oxygens (including phenoxy) is 1. The molecule has 6 rings (SSSR count). The lowest BCUT2D eigenvalue weighted by molar-refractivity contribution is -0.115. The number of morpholine rings is 1. The van der Waals surface area contributed by atoms with Crippen LogP contribution in [0.25, 0.3) is 11.3 Å². The molecular formula is C35H41N7O2S. The number of amides is 1. The van der Waals surface area contributed by atoms with Crippen LogP contribution in [-0.2, 0) is 27.9 Å². The largest absolute Gasteiger partial charge is 0.379 e. The van der Waals surface area contributed by atoms with Gasteiger partial charge in [-0.1, -0.05) is 70.6 Å². The van der Waals surface area contributed by atoms with Gasteiger partial charge < -0.3 is 10.1 Å². The minimum Gasteiger partial charge on any atom is -0.379 e. The predicted octanol–water partition coefficient (Wildman–Crippen LogP) is 6.50. The number of pyridine rings is 1. The molecular weight excluding hydrogens is 582 g/mol. The Balaban J connectivity index is 1.15. The van der Waals surface area contributed by atoms with Crippen molar-refractivity contribution in [1.29, 1.82) is 0 Å². The number of nitrogens with one attached hydrogen (secondary N) is 1. The van der Waals surface area contributed by atoms with Crippen LogP contribution in [0, 0.1) is 0 Å². The number of benzene rings is 2. The molecule has 234 valence electrons. The van der Waals surface area contributed by atoms with Crippen LogP contribution in [0.5, 0.6) is 0 Å². The maximum Gasteiger partial charge on any atom is 0.229 e. The number of fused-ring (bicyclic) bond motifs is 1. The van der Waals surface area contributed by atoms with Crippen LogP contribution < -0.4 is 5.32 Å². The van der Waals surface area contributed by atoms with Gasteiger partial charge in [0.05, 0.1) is 31.0 Å². The Morgan fingerprint density at radius 3 is 2.44 bits per heavy atom. The molecule has 5 aromatic rings. The third-order valence-electron chi connectivity index (χ3n) is 7.85. The van der Waals surface area contributed by atoms with Crippen LogP contribution in [0.4, 0.5) is 5.82 Å². The van der Waals surface area contributed by atoms with E-state index in [1.165, 1.54) is 5.56 Å². The third-order valence-corrected chi connectivity index (χ3v) is 8.84. The van der Waals surface area contributed by atoms with Gasteiger partial charge in [-0.15, -0.1) is 10.2 Å². The van der Waals surface area contributed by atoms with Crippen LogP contribution in [-0.4, -0.2) is 61.5 Å². The summed E-state index contributed by atoms with van der Waals surface area (Å²) in [6.07, 6.45) is 2.35. The zero-order valence-electron chi connectivity index (χ0n) is 26.7. The summed E-state index contributed by atoms with van der Waals surface area (Å²) in [5.74, 6) is 1.83. The van der Waals surface area contributed by atoms with Crippen molar-refractivity contribution in [3.63, 3.8) is 0 Å². The van der Waals surface area contributed by atoms with Crippen molar-refractivity contribution in [2.75, 3.05) is 31.6 Å². The highest BCUT2D eigenvalue weighted by molar-refractivity contribution is 7.99. The molecule has 45 heavy (non-hydrogen) atoms. The summed E-state index contributed by atoms with van der Waals surface area (Å²) in [6.45, 7) is 14.9. The summed E-state index contributed by atoms with van der Waals surface area (Å²) in [6, 6.07) is 22.6. The summed E-state index contributed by atoms with van der Waals surface area (Å²) < 4.78 is 9.43. The van der Waals surface area contributed by atoms with Gasteiger partial charge in [-0.3, -0.25) is 14.1 Å². The highest BCUT2D eigenvalue weighted by Crippen LogP contribution is 2.30. The molecule has 1 saturated heterocycles. The molecule has 0 atom stereocenters. The summed E-state index contributed by atoms with van der Waals surface area (Å²) in [5.41, 5.74) is 4.68. The molecule has 1 fully saturated rings. The van der Waals surface area contributed by atoms with E-state index in [4.69, 9.17) is 9.84 Å². The molecule has 1 amide bonds.